The van der Waals surface area contributed by atoms with Crippen LogP contribution < -0.4 is 10.6 Å². The lowest BCUT2D eigenvalue weighted by Crippen LogP contribution is -2.38. The molecule has 0 spiro atoms. The molecule has 0 aliphatic carbocycles. The average molecular weight is 239 g/mol. The van der Waals surface area contributed by atoms with Gasteiger partial charge >= 0.3 is 6.03 Å². The lowest BCUT2D eigenvalue weighted by molar-refractivity contribution is -0.107. The minimum atomic E-state index is -0.574. The molecule has 0 radical (unpaired) electrons. The summed E-state index contributed by atoms with van der Waals surface area (Å²) in [4.78, 5) is 24.2. The second-order valence-corrected chi connectivity index (χ2v) is 3.54. The predicted octanol–water partition coefficient (Wildman–Crippen LogP) is 0.799. The van der Waals surface area contributed by atoms with Crippen molar-refractivity contribution >= 4 is 18.1 Å². The molecule has 1 rings (SSSR count). The second-order valence-electron chi connectivity index (χ2n) is 3.54. The summed E-state index contributed by atoms with van der Waals surface area (Å²) >= 11 is 0. The summed E-state index contributed by atoms with van der Waals surface area (Å²) in [6.45, 7) is 0.539. The van der Waals surface area contributed by atoms with Crippen molar-refractivity contribution in [2.24, 2.45) is 5.73 Å². The predicted molar refractivity (Wildman–Crippen MR) is 62.0 cm³/mol. The van der Waals surface area contributed by atoms with Crippen molar-refractivity contribution in [2.45, 2.75) is 0 Å². The molecule has 0 aromatic heterocycles. The van der Waals surface area contributed by atoms with E-state index in [4.69, 9.17) is 5.73 Å². The SMILES string of the molecule is CN(CCN(C=O)c1cccc(F)c1)C(N)=O. The lowest BCUT2D eigenvalue weighted by Gasteiger charge is -2.21. The van der Waals surface area contributed by atoms with Crippen LogP contribution in [0.4, 0.5) is 14.9 Å². The Morgan fingerprint density at radius 3 is 2.71 bits per heavy atom. The minimum Gasteiger partial charge on any atom is -0.351 e. The van der Waals surface area contributed by atoms with Gasteiger partial charge in [-0.1, -0.05) is 6.07 Å². The van der Waals surface area contributed by atoms with Gasteiger partial charge in [-0.2, -0.15) is 0 Å². The third-order valence-electron chi connectivity index (χ3n) is 2.32. The largest absolute Gasteiger partial charge is 0.351 e. The average Bonchev–Trinajstić information content (AvgIpc) is 2.29. The number of nitrogens with zero attached hydrogens (tertiary/aromatic N) is 2. The number of benzene rings is 1. The van der Waals surface area contributed by atoms with E-state index in [1.165, 1.54) is 35.0 Å². The molecule has 0 saturated heterocycles. The Morgan fingerprint density at radius 2 is 2.18 bits per heavy atom. The molecule has 1 aromatic carbocycles. The zero-order valence-corrected chi connectivity index (χ0v) is 9.47. The first-order valence-corrected chi connectivity index (χ1v) is 5.02. The van der Waals surface area contributed by atoms with E-state index >= 15 is 0 Å². The Morgan fingerprint density at radius 1 is 1.47 bits per heavy atom. The third kappa shape index (κ3) is 3.75. The minimum absolute atomic E-state index is 0.256. The highest BCUT2D eigenvalue weighted by molar-refractivity contribution is 5.75. The molecule has 2 N–H and O–H groups in total. The van der Waals surface area contributed by atoms with E-state index in [2.05, 4.69) is 0 Å². The van der Waals surface area contributed by atoms with Crippen molar-refractivity contribution in [3.05, 3.63) is 30.1 Å². The van der Waals surface area contributed by atoms with Crippen LogP contribution in [0.5, 0.6) is 0 Å². The topological polar surface area (TPSA) is 66.6 Å². The Kier molecular flexibility index (Phi) is 4.45. The van der Waals surface area contributed by atoms with Crippen LogP contribution in [-0.2, 0) is 4.79 Å². The lowest BCUT2D eigenvalue weighted by atomic mass is 10.3. The zero-order chi connectivity index (χ0) is 12.8. The monoisotopic (exact) mass is 239 g/mol. The number of amides is 3. The van der Waals surface area contributed by atoms with E-state index in [1.807, 2.05) is 0 Å². The number of likely N-dealkylation sites (N-methyl/N-ethyl adjacent to an activating group) is 1. The van der Waals surface area contributed by atoms with Crippen LogP contribution in [0.3, 0.4) is 0 Å². The summed E-state index contributed by atoms with van der Waals surface area (Å²) in [7, 11) is 1.52. The van der Waals surface area contributed by atoms with Gasteiger partial charge in [0.05, 0.1) is 0 Å². The molecule has 0 unspecified atom stereocenters. The molecule has 17 heavy (non-hydrogen) atoms. The molecule has 0 bridgehead atoms. The number of urea groups is 1. The van der Waals surface area contributed by atoms with Gasteiger partial charge in [0.1, 0.15) is 5.82 Å². The van der Waals surface area contributed by atoms with E-state index in [1.54, 1.807) is 6.07 Å². The van der Waals surface area contributed by atoms with Gasteiger partial charge in [-0.3, -0.25) is 4.79 Å². The first-order valence-electron chi connectivity index (χ1n) is 5.02. The van der Waals surface area contributed by atoms with Gasteiger partial charge < -0.3 is 15.5 Å². The second kappa shape index (κ2) is 5.83. The molecule has 92 valence electrons. The molecule has 5 nitrogen and oxygen atoms in total. The Balaban J connectivity index is 2.66. The highest BCUT2D eigenvalue weighted by Gasteiger charge is 2.09. The maximum absolute atomic E-state index is 13.0. The number of hydrogen-bond acceptors (Lipinski definition) is 2. The van der Waals surface area contributed by atoms with Crippen molar-refractivity contribution in [3.8, 4) is 0 Å². The van der Waals surface area contributed by atoms with Crippen LogP contribution in [0.25, 0.3) is 0 Å². The molecule has 3 amide bonds. The smallest absolute Gasteiger partial charge is 0.314 e. The normalized spacial score (nSPS) is 9.76. The molecule has 0 heterocycles. The fourth-order valence-corrected chi connectivity index (χ4v) is 1.27. The van der Waals surface area contributed by atoms with Crippen molar-refractivity contribution in [2.75, 3.05) is 25.0 Å². The summed E-state index contributed by atoms with van der Waals surface area (Å²) in [6.07, 6.45) is 0.587. The van der Waals surface area contributed by atoms with Gasteiger partial charge in [0, 0.05) is 25.8 Å². The highest BCUT2D eigenvalue weighted by Crippen LogP contribution is 2.13. The van der Waals surface area contributed by atoms with Gasteiger partial charge in [-0.15, -0.1) is 0 Å². The Bertz CT molecular complexity index is 411. The molecule has 0 atom stereocenters. The van der Waals surface area contributed by atoms with Gasteiger partial charge in [0.15, 0.2) is 0 Å². The zero-order valence-electron chi connectivity index (χ0n) is 9.47. The summed E-state index contributed by atoms with van der Waals surface area (Å²) in [5.74, 6) is -0.419. The van der Waals surface area contributed by atoms with Crippen molar-refractivity contribution in [3.63, 3.8) is 0 Å². The number of carbonyl (C=O) groups is 2. The molecule has 0 saturated carbocycles. The molecular formula is C11H14FN3O2. The number of halogens is 1. The maximum atomic E-state index is 13.0. The van der Waals surface area contributed by atoms with E-state index in [-0.39, 0.29) is 13.1 Å². The van der Waals surface area contributed by atoms with E-state index < -0.39 is 11.8 Å². The highest BCUT2D eigenvalue weighted by atomic mass is 19.1. The Hall–Kier alpha value is -2.11. The van der Waals surface area contributed by atoms with Crippen LogP contribution in [-0.4, -0.2) is 37.5 Å². The van der Waals surface area contributed by atoms with Gasteiger partial charge in [-0.25, -0.2) is 9.18 Å². The fraction of sp³-hybridized carbons (Fsp3) is 0.273. The van der Waals surface area contributed by atoms with E-state index in [0.717, 1.165) is 0 Å². The van der Waals surface area contributed by atoms with Crippen LogP contribution in [0, 0.1) is 5.82 Å². The number of primary amides is 1. The van der Waals surface area contributed by atoms with Crippen LogP contribution in [0.1, 0.15) is 0 Å². The van der Waals surface area contributed by atoms with Gasteiger partial charge in [0.25, 0.3) is 0 Å². The fourth-order valence-electron chi connectivity index (χ4n) is 1.27. The van der Waals surface area contributed by atoms with Gasteiger partial charge in [0.2, 0.25) is 6.41 Å². The van der Waals surface area contributed by atoms with Crippen molar-refractivity contribution in [1.82, 2.24) is 4.90 Å². The number of hydrogen-bond donors (Lipinski definition) is 1. The third-order valence-corrected chi connectivity index (χ3v) is 2.32. The van der Waals surface area contributed by atoms with Gasteiger partial charge in [-0.05, 0) is 18.2 Å². The summed E-state index contributed by atoms with van der Waals surface area (Å²) < 4.78 is 13.0. The van der Waals surface area contributed by atoms with Crippen LogP contribution >= 0.6 is 0 Å². The van der Waals surface area contributed by atoms with Crippen molar-refractivity contribution < 1.29 is 14.0 Å². The summed E-state index contributed by atoms with van der Waals surface area (Å²) in [5, 5.41) is 0. The molecule has 1 aromatic rings. The molecule has 6 heteroatoms. The number of nitrogens with two attached hydrogens (primary N) is 1. The van der Waals surface area contributed by atoms with Crippen molar-refractivity contribution in [1.29, 1.82) is 0 Å². The molecule has 0 fully saturated rings. The van der Waals surface area contributed by atoms with E-state index in [0.29, 0.717) is 12.1 Å². The Labute approximate surface area is 98.6 Å². The maximum Gasteiger partial charge on any atom is 0.314 e. The van der Waals surface area contributed by atoms with Crippen LogP contribution in [0.2, 0.25) is 0 Å². The number of rotatable bonds is 5. The molecule has 0 aliphatic rings. The standard InChI is InChI=1S/C11H14FN3O2/c1-14(11(13)17)5-6-15(8-16)10-4-2-3-9(12)7-10/h2-4,7-8H,5-6H2,1H3,(H2,13,17). The number of anilines is 1. The number of carbonyl (C=O) groups excluding carboxylic acids is 2. The molecule has 0 aliphatic heterocycles. The first-order chi connectivity index (χ1) is 8.04. The molecular weight excluding hydrogens is 225 g/mol. The first kappa shape index (κ1) is 13.0. The summed E-state index contributed by atoms with van der Waals surface area (Å²) in [6, 6.07) is 5.09. The quantitative estimate of drug-likeness (QED) is 0.772. The van der Waals surface area contributed by atoms with E-state index in [9.17, 15) is 14.0 Å². The van der Waals surface area contributed by atoms with Crippen LogP contribution in [0.15, 0.2) is 24.3 Å². The summed E-state index contributed by atoms with van der Waals surface area (Å²) in [5.41, 5.74) is 5.49.